The molecule has 1 aliphatic rings. The average molecular weight is 655 g/mol. The van der Waals surface area contributed by atoms with Gasteiger partial charge >= 0.3 is 0 Å². The zero-order valence-electron chi connectivity index (χ0n) is 24.9. The molecule has 0 aliphatic carbocycles. The third-order valence-electron chi connectivity index (χ3n) is 8.50. The van der Waals surface area contributed by atoms with Crippen LogP contribution in [0.1, 0.15) is 48.9 Å². The topological polar surface area (TPSA) is 87.8 Å². The summed E-state index contributed by atoms with van der Waals surface area (Å²) in [6, 6.07) is 12.8. The zero-order valence-corrected chi connectivity index (χ0v) is 26.6. The minimum absolute atomic E-state index is 0.0605. The van der Waals surface area contributed by atoms with Gasteiger partial charge in [-0.05, 0) is 86.1 Å². The SMILES string of the molecule is CCc1nc2ccc(C3CCN(S(=O)(=O)CCCO)CC3)cn2c1-c1ccc(-c2nc(-c3ccc(F)cc3)c(F)s2)c(C)c1F. The average Bonchev–Trinajstić information content (AvgIpc) is 3.61. The first-order chi connectivity index (χ1) is 21.6. The lowest BCUT2D eigenvalue weighted by Gasteiger charge is -2.31. The number of pyridine rings is 1. The number of aryl methyl sites for hydroxylation is 1. The van der Waals surface area contributed by atoms with Crippen molar-refractivity contribution in [3.05, 3.63) is 88.3 Å². The van der Waals surface area contributed by atoms with Crippen LogP contribution in [0.2, 0.25) is 0 Å². The van der Waals surface area contributed by atoms with E-state index in [-0.39, 0.29) is 30.4 Å². The number of fused-ring (bicyclic) bond motifs is 1. The van der Waals surface area contributed by atoms with Gasteiger partial charge < -0.3 is 5.11 Å². The summed E-state index contributed by atoms with van der Waals surface area (Å²) >= 11 is 0.818. The summed E-state index contributed by atoms with van der Waals surface area (Å²) in [4.78, 5) is 9.22. The normalized spacial score (nSPS) is 14.9. The van der Waals surface area contributed by atoms with Gasteiger partial charge in [-0.3, -0.25) is 4.40 Å². The lowest BCUT2D eigenvalue weighted by atomic mass is 9.91. The molecule has 0 radical (unpaired) electrons. The number of aliphatic hydroxyl groups excluding tert-OH is 1. The maximum Gasteiger partial charge on any atom is 0.214 e. The van der Waals surface area contributed by atoms with Crippen molar-refractivity contribution in [1.29, 1.82) is 0 Å². The first kappa shape index (κ1) is 31.4. The van der Waals surface area contributed by atoms with E-state index in [1.54, 1.807) is 19.1 Å². The molecule has 7 nitrogen and oxygen atoms in total. The lowest BCUT2D eigenvalue weighted by Crippen LogP contribution is -2.39. The van der Waals surface area contributed by atoms with Crippen LogP contribution in [0.5, 0.6) is 0 Å². The maximum atomic E-state index is 16.3. The Hall–Kier alpha value is -3.58. The molecule has 1 N–H and O–H groups in total. The van der Waals surface area contributed by atoms with Gasteiger partial charge in [0.1, 0.15) is 28.0 Å². The Balaban J connectivity index is 1.32. The van der Waals surface area contributed by atoms with Gasteiger partial charge in [0.15, 0.2) is 0 Å². The number of rotatable bonds is 9. The van der Waals surface area contributed by atoms with Gasteiger partial charge in [-0.2, -0.15) is 4.39 Å². The van der Waals surface area contributed by atoms with Crippen LogP contribution in [0.4, 0.5) is 13.2 Å². The van der Waals surface area contributed by atoms with Gasteiger partial charge in [0.25, 0.3) is 0 Å². The Kier molecular flexibility index (Phi) is 8.84. The summed E-state index contributed by atoms with van der Waals surface area (Å²) in [5.74, 6) is -0.812. The quantitative estimate of drug-likeness (QED) is 0.186. The van der Waals surface area contributed by atoms with Crippen molar-refractivity contribution < 1.29 is 26.7 Å². The fourth-order valence-corrected chi connectivity index (χ4v) is 8.45. The van der Waals surface area contributed by atoms with Crippen molar-refractivity contribution in [2.45, 2.75) is 45.4 Å². The molecule has 1 fully saturated rings. The molecule has 0 spiro atoms. The predicted molar refractivity (Wildman–Crippen MR) is 170 cm³/mol. The van der Waals surface area contributed by atoms with Crippen molar-refractivity contribution in [2.24, 2.45) is 0 Å². The molecule has 236 valence electrons. The summed E-state index contributed by atoms with van der Waals surface area (Å²) in [7, 11) is -3.40. The summed E-state index contributed by atoms with van der Waals surface area (Å²) in [5, 5.41) is 8.84. The van der Waals surface area contributed by atoms with Crippen molar-refractivity contribution in [2.75, 3.05) is 25.4 Å². The first-order valence-corrected chi connectivity index (χ1v) is 17.4. The smallest absolute Gasteiger partial charge is 0.214 e. The fourth-order valence-electron chi connectivity index (χ4n) is 6.03. The second-order valence-electron chi connectivity index (χ2n) is 11.3. The van der Waals surface area contributed by atoms with Gasteiger partial charge in [0.2, 0.25) is 15.2 Å². The van der Waals surface area contributed by atoms with Crippen LogP contribution in [0.3, 0.4) is 0 Å². The number of hydrogen-bond acceptors (Lipinski definition) is 6. The van der Waals surface area contributed by atoms with Crippen LogP contribution >= 0.6 is 11.3 Å². The molecule has 1 saturated heterocycles. The molecule has 0 bridgehead atoms. The molecule has 0 atom stereocenters. The number of aliphatic hydroxyl groups is 1. The van der Waals surface area contributed by atoms with Gasteiger partial charge in [0.05, 0.1) is 17.1 Å². The molecular weight excluding hydrogens is 622 g/mol. The zero-order chi connectivity index (χ0) is 31.9. The van der Waals surface area contributed by atoms with Crippen LogP contribution in [0.25, 0.3) is 38.7 Å². The third kappa shape index (κ3) is 6.04. The van der Waals surface area contributed by atoms with Crippen LogP contribution in [0.15, 0.2) is 54.7 Å². The van der Waals surface area contributed by atoms with Crippen LogP contribution in [-0.4, -0.2) is 57.6 Å². The second kappa shape index (κ2) is 12.7. The van der Waals surface area contributed by atoms with Crippen molar-refractivity contribution in [1.82, 2.24) is 18.7 Å². The minimum atomic E-state index is -3.40. The van der Waals surface area contributed by atoms with Gasteiger partial charge in [-0.25, -0.2) is 31.5 Å². The number of aromatic nitrogens is 3. The molecule has 4 heterocycles. The van der Waals surface area contributed by atoms with Crippen molar-refractivity contribution >= 4 is 27.0 Å². The second-order valence-corrected chi connectivity index (χ2v) is 14.3. The number of halogens is 3. The summed E-state index contributed by atoms with van der Waals surface area (Å²) in [5.41, 5.74) is 4.79. The standard InChI is InChI=1S/C33H33F3N4O3S2/c1-3-27-31(40-19-23(7-12-28(40)37-27)21-13-15-39(16-14-21)45(42,43)18-4-17-41)26-11-10-25(20(2)29(26)35)33-38-30(32(36)44-33)22-5-8-24(34)9-6-22/h5-12,19,21,41H,3-4,13-18H2,1-2H3. The van der Waals surface area contributed by atoms with E-state index < -0.39 is 26.8 Å². The van der Waals surface area contributed by atoms with Gasteiger partial charge in [-0.15, -0.1) is 0 Å². The number of thiazole rings is 1. The Labute approximate surface area is 264 Å². The molecule has 6 rings (SSSR count). The number of imidazole rings is 1. The van der Waals surface area contributed by atoms with E-state index in [1.165, 1.54) is 28.6 Å². The van der Waals surface area contributed by atoms with E-state index in [0.717, 1.165) is 22.6 Å². The fraction of sp³-hybridized carbons (Fsp3) is 0.333. The van der Waals surface area contributed by atoms with E-state index in [9.17, 15) is 17.2 Å². The van der Waals surface area contributed by atoms with Crippen LogP contribution in [-0.2, 0) is 16.4 Å². The monoisotopic (exact) mass is 654 g/mol. The van der Waals surface area contributed by atoms with E-state index in [1.807, 2.05) is 29.7 Å². The Morgan fingerprint density at radius 1 is 0.978 bits per heavy atom. The van der Waals surface area contributed by atoms with Crippen molar-refractivity contribution in [3.63, 3.8) is 0 Å². The number of piperidine rings is 1. The molecule has 5 aromatic rings. The van der Waals surface area contributed by atoms with Crippen molar-refractivity contribution in [3.8, 4) is 33.1 Å². The summed E-state index contributed by atoms with van der Waals surface area (Å²) in [6.07, 6.45) is 4.08. The number of hydrogen-bond donors (Lipinski definition) is 1. The van der Waals surface area contributed by atoms with E-state index in [2.05, 4.69) is 4.98 Å². The lowest BCUT2D eigenvalue weighted by molar-refractivity contribution is 0.290. The molecule has 3 aromatic heterocycles. The molecular formula is C33H33F3N4O3S2. The molecule has 12 heteroatoms. The van der Waals surface area contributed by atoms with Gasteiger partial charge in [-0.1, -0.05) is 30.4 Å². The highest BCUT2D eigenvalue weighted by Gasteiger charge is 2.29. The molecule has 1 aliphatic heterocycles. The molecule has 0 amide bonds. The number of sulfonamides is 1. The Morgan fingerprint density at radius 2 is 1.69 bits per heavy atom. The summed E-state index contributed by atoms with van der Waals surface area (Å²) in [6.45, 7) is 4.26. The minimum Gasteiger partial charge on any atom is -0.396 e. The highest BCUT2D eigenvalue weighted by atomic mass is 32.2. The number of benzene rings is 2. The molecule has 45 heavy (non-hydrogen) atoms. The first-order valence-electron chi connectivity index (χ1n) is 14.9. The van der Waals surface area contributed by atoms with Gasteiger partial charge in [0, 0.05) is 42.6 Å². The Bertz CT molecular complexity index is 1970. The van der Waals surface area contributed by atoms with E-state index in [0.29, 0.717) is 71.0 Å². The largest absolute Gasteiger partial charge is 0.396 e. The van der Waals surface area contributed by atoms with E-state index in [4.69, 9.17) is 10.1 Å². The molecule has 0 saturated carbocycles. The third-order valence-corrected chi connectivity index (χ3v) is 11.3. The van der Waals surface area contributed by atoms with Crippen LogP contribution in [0, 0.1) is 23.7 Å². The molecule has 0 unspecified atom stereocenters. The van der Waals surface area contributed by atoms with E-state index >= 15 is 4.39 Å². The maximum absolute atomic E-state index is 16.3. The highest BCUT2D eigenvalue weighted by molar-refractivity contribution is 7.89. The molecule has 2 aromatic carbocycles. The Morgan fingerprint density at radius 3 is 2.38 bits per heavy atom. The highest BCUT2D eigenvalue weighted by Crippen LogP contribution is 2.39. The predicted octanol–water partition coefficient (Wildman–Crippen LogP) is 6.97. The number of nitrogens with zero attached hydrogens (tertiary/aromatic N) is 4. The van der Waals surface area contributed by atoms with Crippen LogP contribution < -0.4 is 0 Å². The summed E-state index contributed by atoms with van der Waals surface area (Å²) < 4.78 is 73.2.